The maximum Gasteiger partial charge on any atom is 0.129 e. The molecule has 0 spiro atoms. The molecule has 0 heterocycles. The van der Waals surface area contributed by atoms with Crippen LogP contribution in [-0.2, 0) is 11.2 Å². The summed E-state index contributed by atoms with van der Waals surface area (Å²) < 4.78 is 5.52. The summed E-state index contributed by atoms with van der Waals surface area (Å²) in [5, 5.41) is 3.36. The van der Waals surface area contributed by atoms with E-state index in [0.717, 1.165) is 31.7 Å². The first kappa shape index (κ1) is 15.7. The number of carbonyl (C=O) groups excluding carboxylic acids is 1. The fourth-order valence-electron chi connectivity index (χ4n) is 2.00. The van der Waals surface area contributed by atoms with Gasteiger partial charge in [0.1, 0.15) is 11.5 Å². The van der Waals surface area contributed by atoms with Crippen molar-refractivity contribution >= 4 is 5.78 Å². The minimum atomic E-state index is 0.268. The normalized spacial score (nSPS) is 10.5. The Bertz CT molecular complexity index is 402. The summed E-state index contributed by atoms with van der Waals surface area (Å²) in [4.78, 5) is 10.8. The molecule has 0 aromatic heterocycles. The maximum absolute atomic E-state index is 10.8. The highest BCUT2D eigenvalue weighted by Gasteiger charge is 2.00. The number of ketones is 1. The van der Waals surface area contributed by atoms with Crippen LogP contribution in [0.4, 0.5) is 0 Å². The molecule has 0 saturated heterocycles. The molecule has 0 bridgehead atoms. The van der Waals surface area contributed by atoms with Crippen LogP contribution in [0, 0.1) is 6.92 Å². The molecule has 106 valence electrons. The summed E-state index contributed by atoms with van der Waals surface area (Å²) in [5.41, 5.74) is 2.51. The molecule has 1 N–H and O–H groups in total. The van der Waals surface area contributed by atoms with Gasteiger partial charge in [0.2, 0.25) is 0 Å². The number of nitrogens with one attached hydrogen (secondary N) is 1. The molecule has 0 atom stereocenters. The third-order valence-corrected chi connectivity index (χ3v) is 3.01. The molecule has 1 rings (SSSR count). The summed E-state index contributed by atoms with van der Waals surface area (Å²) >= 11 is 0. The smallest absolute Gasteiger partial charge is 0.129 e. The second-order valence-electron chi connectivity index (χ2n) is 4.84. The zero-order valence-electron chi connectivity index (χ0n) is 12.3. The Hall–Kier alpha value is -1.35. The van der Waals surface area contributed by atoms with Gasteiger partial charge in [0, 0.05) is 6.42 Å². The van der Waals surface area contributed by atoms with Gasteiger partial charge in [-0.05, 0) is 63.9 Å². The first-order valence-corrected chi connectivity index (χ1v) is 7.06. The summed E-state index contributed by atoms with van der Waals surface area (Å²) in [6.45, 7) is 8.29. The highest BCUT2D eigenvalue weighted by Crippen LogP contribution is 2.19. The van der Waals surface area contributed by atoms with Crippen LogP contribution in [-0.4, -0.2) is 25.5 Å². The van der Waals surface area contributed by atoms with E-state index in [-0.39, 0.29) is 5.78 Å². The molecular weight excluding hydrogens is 238 g/mol. The number of carbonyl (C=O) groups is 1. The van der Waals surface area contributed by atoms with Gasteiger partial charge in [0.25, 0.3) is 0 Å². The van der Waals surface area contributed by atoms with Crippen molar-refractivity contribution in [3.8, 4) is 5.75 Å². The summed E-state index contributed by atoms with van der Waals surface area (Å²) in [6, 6.07) is 6.35. The van der Waals surface area contributed by atoms with E-state index in [9.17, 15) is 4.79 Å². The number of aryl methyl sites for hydroxylation is 1. The number of hydrogen-bond donors (Lipinski definition) is 1. The Labute approximate surface area is 116 Å². The molecule has 0 radical (unpaired) electrons. The first-order valence-electron chi connectivity index (χ1n) is 7.06. The largest absolute Gasteiger partial charge is 0.494 e. The number of hydrogen-bond acceptors (Lipinski definition) is 3. The van der Waals surface area contributed by atoms with Crippen molar-refractivity contribution in [3.05, 3.63) is 29.3 Å². The molecule has 3 heteroatoms. The second kappa shape index (κ2) is 8.70. The molecule has 0 fully saturated rings. The van der Waals surface area contributed by atoms with E-state index >= 15 is 0 Å². The Morgan fingerprint density at radius 3 is 2.74 bits per heavy atom. The third-order valence-electron chi connectivity index (χ3n) is 3.01. The van der Waals surface area contributed by atoms with Crippen molar-refractivity contribution in [2.75, 3.05) is 19.7 Å². The predicted octanol–water partition coefficient (Wildman–Crippen LogP) is 2.90. The lowest BCUT2D eigenvalue weighted by molar-refractivity contribution is -0.117. The topological polar surface area (TPSA) is 38.3 Å². The molecule has 1 aromatic rings. The molecule has 0 amide bonds. The average Bonchev–Trinajstić information content (AvgIpc) is 2.36. The molecule has 3 nitrogen and oxygen atoms in total. The first-order chi connectivity index (χ1) is 9.13. The molecular formula is C16H25NO2. The monoisotopic (exact) mass is 263 g/mol. The van der Waals surface area contributed by atoms with E-state index in [1.807, 2.05) is 13.0 Å². The van der Waals surface area contributed by atoms with Crippen molar-refractivity contribution in [2.24, 2.45) is 0 Å². The number of Topliss-reactive ketones (excluding diaryl/α,β-unsaturated/α-hetero) is 1. The van der Waals surface area contributed by atoms with Gasteiger partial charge in [-0.25, -0.2) is 0 Å². The van der Waals surface area contributed by atoms with Gasteiger partial charge in [0.15, 0.2) is 0 Å². The quantitative estimate of drug-likeness (QED) is 0.696. The van der Waals surface area contributed by atoms with Crippen LogP contribution in [0.5, 0.6) is 5.75 Å². The lowest BCUT2D eigenvalue weighted by Gasteiger charge is -2.09. The van der Waals surface area contributed by atoms with Crippen molar-refractivity contribution in [2.45, 2.75) is 40.0 Å². The molecule has 0 aliphatic carbocycles. The van der Waals surface area contributed by atoms with Crippen molar-refractivity contribution in [1.82, 2.24) is 5.32 Å². The maximum atomic E-state index is 10.8. The summed E-state index contributed by atoms with van der Waals surface area (Å²) in [5.74, 6) is 1.24. The standard InChI is InChI=1S/C16H25NO2/c1-4-19-16-8-7-15(12-13(16)2)9-11-17-10-5-6-14(3)18/h7-8,12,17H,4-6,9-11H2,1-3H3. The van der Waals surface area contributed by atoms with E-state index in [2.05, 4.69) is 24.4 Å². The number of rotatable bonds is 9. The third kappa shape index (κ3) is 6.39. The van der Waals surface area contributed by atoms with Crippen LogP contribution in [0.1, 0.15) is 37.8 Å². The molecule has 1 aromatic carbocycles. The van der Waals surface area contributed by atoms with Gasteiger partial charge in [-0.3, -0.25) is 0 Å². The lowest BCUT2D eigenvalue weighted by Crippen LogP contribution is -2.19. The minimum absolute atomic E-state index is 0.268. The van der Waals surface area contributed by atoms with Crippen LogP contribution < -0.4 is 10.1 Å². The van der Waals surface area contributed by atoms with Crippen molar-refractivity contribution in [3.63, 3.8) is 0 Å². The Balaban J connectivity index is 2.26. The highest BCUT2D eigenvalue weighted by atomic mass is 16.5. The van der Waals surface area contributed by atoms with E-state index in [1.54, 1.807) is 6.92 Å². The van der Waals surface area contributed by atoms with Crippen LogP contribution in [0.2, 0.25) is 0 Å². The van der Waals surface area contributed by atoms with Crippen LogP contribution in [0.15, 0.2) is 18.2 Å². The van der Waals surface area contributed by atoms with Gasteiger partial charge in [-0.1, -0.05) is 12.1 Å². The van der Waals surface area contributed by atoms with Gasteiger partial charge >= 0.3 is 0 Å². The minimum Gasteiger partial charge on any atom is -0.494 e. The Morgan fingerprint density at radius 1 is 1.32 bits per heavy atom. The molecule has 0 aliphatic rings. The van der Waals surface area contributed by atoms with E-state index < -0.39 is 0 Å². The van der Waals surface area contributed by atoms with Gasteiger partial charge < -0.3 is 14.8 Å². The lowest BCUT2D eigenvalue weighted by atomic mass is 10.1. The van der Waals surface area contributed by atoms with Crippen LogP contribution >= 0.6 is 0 Å². The average molecular weight is 263 g/mol. The van der Waals surface area contributed by atoms with Gasteiger partial charge in [-0.2, -0.15) is 0 Å². The summed E-state index contributed by atoms with van der Waals surface area (Å²) in [6.07, 6.45) is 2.61. The highest BCUT2D eigenvalue weighted by molar-refractivity contribution is 5.75. The van der Waals surface area contributed by atoms with Crippen molar-refractivity contribution < 1.29 is 9.53 Å². The molecule has 19 heavy (non-hydrogen) atoms. The Kier molecular flexibility index (Phi) is 7.19. The van der Waals surface area contributed by atoms with E-state index in [4.69, 9.17) is 4.74 Å². The Morgan fingerprint density at radius 2 is 2.11 bits per heavy atom. The fraction of sp³-hybridized carbons (Fsp3) is 0.562. The second-order valence-corrected chi connectivity index (χ2v) is 4.84. The molecule has 0 aliphatic heterocycles. The fourth-order valence-corrected chi connectivity index (χ4v) is 2.00. The molecule has 0 saturated carbocycles. The molecule has 0 unspecified atom stereocenters. The number of benzene rings is 1. The zero-order chi connectivity index (χ0) is 14.1. The summed E-state index contributed by atoms with van der Waals surface area (Å²) in [7, 11) is 0. The predicted molar refractivity (Wildman–Crippen MR) is 78.8 cm³/mol. The van der Waals surface area contributed by atoms with Crippen LogP contribution in [0.3, 0.4) is 0 Å². The van der Waals surface area contributed by atoms with E-state index in [1.165, 1.54) is 11.1 Å². The van der Waals surface area contributed by atoms with Crippen molar-refractivity contribution in [1.29, 1.82) is 0 Å². The zero-order valence-corrected chi connectivity index (χ0v) is 12.3. The van der Waals surface area contributed by atoms with Crippen LogP contribution in [0.25, 0.3) is 0 Å². The van der Waals surface area contributed by atoms with Gasteiger partial charge in [-0.15, -0.1) is 0 Å². The van der Waals surface area contributed by atoms with Gasteiger partial charge in [0.05, 0.1) is 6.61 Å². The number of ether oxygens (including phenoxy) is 1. The van der Waals surface area contributed by atoms with E-state index in [0.29, 0.717) is 13.0 Å². The SMILES string of the molecule is CCOc1ccc(CCNCCCC(C)=O)cc1C.